The first-order valence-corrected chi connectivity index (χ1v) is 8.66. The summed E-state index contributed by atoms with van der Waals surface area (Å²) in [5, 5.41) is 0. The fraction of sp³-hybridized carbons (Fsp3) is 1.00. The Morgan fingerprint density at radius 1 is 1.00 bits per heavy atom. The summed E-state index contributed by atoms with van der Waals surface area (Å²) >= 11 is 0. The summed E-state index contributed by atoms with van der Waals surface area (Å²) in [5.74, 6) is 0. The van der Waals surface area contributed by atoms with Gasteiger partial charge in [-0.3, -0.25) is 4.90 Å². The molecule has 0 aromatic rings. The SMILES string of the molecule is CCO[Si](C)(OCC)OCC(N)N(CC)CC. The molecule has 0 bridgehead atoms. The van der Waals surface area contributed by atoms with Crippen LogP contribution in [0.3, 0.4) is 0 Å². The van der Waals surface area contributed by atoms with Crippen LogP contribution in [0.5, 0.6) is 0 Å². The molecule has 5 nitrogen and oxygen atoms in total. The first kappa shape index (κ1) is 17.0. The quantitative estimate of drug-likeness (QED) is 0.476. The molecule has 0 saturated carbocycles. The second-order valence-electron chi connectivity index (χ2n) is 3.83. The monoisotopic (exact) mass is 264 g/mol. The Hall–Kier alpha value is 0.0169. The summed E-state index contributed by atoms with van der Waals surface area (Å²) in [6.45, 7) is 13.5. The molecular formula is C11H28N2O3Si. The molecule has 6 heteroatoms. The highest BCUT2D eigenvalue weighted by Crippen LogP contribution is 2.10. The van der Waals surface area contributed by atoms with Crippen LogP contribution in [0.2, 0.25) is 6.55 Å². The number of hydrogen-bond donors (Lipinski definition) is 1. The minimum atomic E-state index is -2.49. The first-order chi connectivity index (χ1) is 8.02. The van der Waals surface area contributed by atoms with Crippen molar-refractivity contribution in [2.45, 2.75) is 40.4 Å². The van der Waals surface area contributed by atoms with Gasteiger partial charge in [-0.2, -0.15) is 0 Å². The van der Waals surface area contributed by atoms with Crippen molar-refractivity contribution in [1.29, 1.82) is 0 Å². The second kappa shape index (κ2) is 9.01. The molecule has 0 aliphatic heterocycles. The highest BCUT2D eigenvalue weighted by molar-refractivity contribution is 6.59. The van der Waals surface area contributed by atoms with Crippen LogP contribution in [0.4, 0.5) is 0 Å². The van der Waals surface area contributed by atoms with Crippen molar-refractivity contribution < 1.29 is 13.3 Å². The number of rotatable bonds is 10. The average Bonchev–Trinajstić information content (AvgIpc) is 2.29. The van der Waals surface area contributed by atoms with E-state index in [0.29, 0.717) is 19.8 Å². The third-order valence-corrected chi connectivity index (χ3v) is 4.93. The van der Waals surface area contributed by atoms with Crippen molar-refractivity contribution in [1.82, 2.24) is 4.90 Å². The van der Waals surface area contributed by atoms with E-state index in [1.54, 1.807) is 0 Å². The van der Waals surface area contributed by atoms with Crippen LogP contribution in [0.15, 0.2) is 0 Å². The highest BCUT2D eigenvalue weighted by atomic mass is 28.4. The van der Waals surface area contributed by atoms with E-state index in [0.717, 1.165) is 13.1 Å². The predicted octanol–water partition coefficient (Wildman–Crippen LogP) is 1.27. The largest absolute Gasteiger partial charge is 0.497 e. The fourth-order valence-corrected chi connectivity index (χ4v) is 3.46. The van der Waals surface area contributed by atoms with E-state index in [9.17, 15) is 0 Å². The third-order valence-electron chi connectivity index (χ3n) is 2.61. The van der Waals surface area contributed by atoms with Gasteiger partial charge in [-0.25, -0.2) is 0 Å². The summed E-state index contributed by atoms with van der Waals surface area (Å²) in [6, 6.07) is 0. The Kier molecular flexibility index (Phi) is 9.02. The third kappa shape index (κ3) is 6.49. The summed E-state index contributed by atoms with van der Waals surface area (Å²) in [7, 11) is -2.49. The first-order valence-electron chi connectivity index (χ1n) is 6.44. The van der Waals surface area contributed by atoms with Crippen molar-refractivity contribution in [3.63, 3.8) is 0 Å². The van der Waals surface area contributed by atoms with Gasteiger partial charge in [0, 0.05) is 19.8 Å². The van der Waals surface area contributed by atoms with Crippen LogP contribution in [-0.2, 0) is 13.3 Å². The maximum absolute atomic E-state index is 6.05. The van der Waals surface area contributed by atoms with E-state index in [-0.39, 0.29) is 6.17 Å². The molecule has 104 valence electrons. The zero-order valence-electron chi connectivity index (χ0n) is 11.9. The van der Waals surface area contributed by atoms with Crippen LogP contribution < -0.4 is 5.73 Å². The van der Waals surface area contributed by atoms with Gasteiger partial charge < -0.3 is 19.0 Å². The van der Waals surface area contributed by atoms with Gasteiger partial charge in [-0.1, -0.05) is 13.8 Å². The molecule has 0 amide bonds. The fourth-order valence-electron chi connectivity index (χ4n) is 1.68. The van der Waals surface area contributed by atoms with Crippen LogP contribution in [0, 0.1) is 0 Å². The molecule has 0 aliphatic carbocycles. The van der Waals surface area contributed by atoms with Crippen molar-refractivity contribution in [2.24, 2.45) is 5.73 Å². The molecule has 0 saturated heterocycles. The van der Waals surface area contributed by atoms with Gasteiger partial charge in [0.15, 0.2) is 0 Å². The van der Waals surface area contributed by atoms with E-state index >= 15 is 0 Å². The van der Waals surface area contributed by atoms with Gasteiger partial charge in [0.05, 0.1) is 12.8 Å². The highest BCUT2D eigenvalue weighted by Gasteiger charge is 2.34. The number of nitrogens with two attached hydrogens (primary N) is 1. The summed E-state index contributed by atoms with van der Waals surface area (Å²) in [4.78, 5) is 2.15. The molecule has 0 heterocycles. The van der Waals surface area contributed by atoms with Crippen molar-refractivity contribution in [3.8, 4) is 0 Å². The van der Waals surface area contributed by atoms with Crippen LogP contribution in [-0.4, -0.2) is 52.8 Å². The minimum Gasteiger partial charge on any atom is -0.374 e. The van der Waals surface area contributed by atoms with Crippen molar-refractivity contribution in [2.75, 3.05) is 32.9 Å². The van der Waals surface area contributed by atoms with E-state index in [2.05, 4.69) is 18.7 Å². The Morgan fingerprint density at radius 3 is 1.82 bits per heavy atom. The van der Waals surface area contributed by atoms with Gasteiger partial charge in [-0.15, -0.1) is 0 Å². The lowest BCUT2D eigenvalue weighted by molar-refractivity contribution is 0.0473. The molecular weight excluding hydrogens is 236 g/mol. The number of likely N-dealkylation sites (N-methyl/N-ethyl adjacent to an activating group) is 1. The van der Waals surface area contributed by atoms with Crippen LogP contribution >= 0.6 is 0 Å². The smallest absolute Gasteiger partial charge is 0.374 e. The van der Waals surface area contributed by atoms with E-state index in [4.69, 9.17) is 19.0 Å². The molecule has 2 N–H and O–H groups in total. The van der Waals surface area contributed by atoms with Gasteiger partial charge >= 0.3 is 8.80 Å². The normalized spacial score (nSPS) is 14.3. The van der Waals surface area contributed by atoms with Crippen molar-refractivity contribution >= 4 is 8.80 Å². The van der Waals surface area contributed by atoms with Gasteiger partial charge in [-0.05, 0) is 26.9 Å². The second-order valence-corrected chi connectivity index (χ2v) is 6.42. The molecule has 0 rings (SSSR count). The Morgan fingerprint density at radius 2 is 1.47 bits per heavy atom. The van der Waals surface area contributed by atoms with Gasteiger partial charge in [0.25, 0.3) is 0 Å². The maximum atomic E-state index is 6.05. The maximum Gasteiger partial charge on any atom is 0.497 e. The summed E-state index contributed by atoms with van der Waals surface area (Å²) in [5.41, 5.74) is 6.05. The van der Waals surface area contributed by atoms with Crippen molar-refractivity contribution in [3.05, 3.63) is 0 Å². The van der Waals surface area contributed by atoms with Crippen LogP contribution in [0.1, 0.15) is 27.7 Å². The zero-order chi connectivity index (χ0) is 13.3. The Labute approximate surface area is 107 Å². The number of hydrogen-bond acceptors (Lipinski definition) is 5. The van der Waals surface area contributed by atoms with E-state index in [1.165, 1.54) is 0 Å². The molecule has 0 spiro atoms. The predicted molar refractivity (Wildman–Crippen MR) is 71.7 cm³/mol. The average molecular weight is 264 g/mol. The molecule has 0 aliphatic rings. The van der Waals surface area contributed by atoms with E-state index in [1.807, 2.05) is 20.4 Å². The van der Waals surface area contributed by atoms with Crippen LogP contribution in [0.25, 0.3) is 0 Å². The molecule has 0 radical (unpaired) electrons. The molecule has 1 atom stereocenters. The lowest BCUT2D eigenvalue weighted by Crippen LogP contribution is -2.50. The van der Waals surface area contributed by atoms with E-state index < -0.39 is 8.80 Å². The molecule has 0 aromatic heterocycles. The zero-order valence-corrected chi connectivity index (χ0v) is 12.9. The molecule has 0 fully saturated rings. The Bertz CT molecular complexity index is 186. The molecule has 17 heavy (non-hydrogen) atoms. The number of nitrogens with zero attached hydrogens (tertiary/aromatic N) is 1. The topological polar surface area (TPSA) is 57.0 Å². The minimum absolute atomic E-state index is 0.0993. The standard InChI is InChI=1S/C11H28N2O3Si/c1-6-13(7-2)11(12)10-16-17(5,14-8-3)15-9-4/h11H,6-10,12H2,1-5H3. The summed E-state index contributed by atoms with van der Waals surface area (Å²) < 4.78 is 17.0. The lowest BCUT2D eigenvalue weighted by atomic mass is 10.4. The summed E-state index contributed by atoms with van der Waals surface area (Å²) in [6.07, 6.45) is -0.0993. The molecule has 1 unspecified atom stereocenters. The Balaban J connectivity index is 4.19. The molecule has 0 aromatic carbocycles. The van der Waals surface area contributed by atoms with Gasteiger partial charge in [0.1, 0.15) is 0 Å². The van der Waals surface area contributed by atoms with Gasteiger partial charge in [0.2, 0.25) is 0 Å². The lowest BCUT2D eigenvalue weighted by Gasteiger charge is -2.30.